The fraction of sp³-hybridized carbons (Fsp3) is 0.222. The van der Waals surface area contributed by atoms with Crippen molar-refractivity contribution in [3.05, 3.63) is 69.2 Å². The minimum Gasteiger partial charge on any atom is -0.483 e. The van der Waals surface area contributed by atoms with Gasteiger partial charge in [-0.15, -0.1) is 10.2 Å². The molecule has 3 rings (SSSR count). The highest BCUT2D eigenvalue weighted by atomic mass is 79.9. The number of hydrogen-bond donors (Lipinski definition) is 0. The van der Waals surface area contributed by atoms with E-state index in [0.717, 1.165) is 26.8 Å². The number of nitrogens with zero attached hydrogens (tertiary/aromatic N) is 3. The van der Waals surface area contributed by atoms with Gasteiger partial charge in [-0.3, -0.25) is 0 Å². The second-order valence-corrected chi connectivity index (χ2v) is 7.90. The van der Waals surface area contributed by atoms with Crippen molar-refractivity contribution in [1.29, 1.82) is 0 Å². The molecule has 1 aromatic heterocycles. The van der Waals surface area contributed by atoms with E-state index in [1.807, 2.05) is 42.8 Å². The molecular formula is C18H16BrClFN3OS. The maximum atomic E-state index is 13.1. The highest BCUT2D eigenvalue weighted by Gasteiger charge is 2.17. The molecule has 2 aromatic carbocycles. The van der Waals surface area contributed by atoms with Crippen LogP contribution in [0, 0.1) is 5.82 Å². The van der Waals surface area contributed by atoms with Crippen LogP contribution in [-0.2, 0) is 12.8 Å². The van der Waals surface area contributed by atoms with E-state index in [0.29, 0.717) is 10.8 Å². The molecule has 0 fully saturated rings. The number of ether oxygens (including phenoxy) is 1. The first kappa shape index (κ1) is 19.2. The molecular weight excluding hydrogens is 441 g/mol. The van der Waals surface area contributed by atoms with Gasteiger partial charge in [0.1, 0.15) is 11.6 Å². The highest BCUT2D eigenvalue weighted by Crippen LogP contribution is 2.28. The number of halogens is 3. The molecule has 136 valence electrons. The molecule has 0 radical (unpaired) electrons. The fourth-order valence-electron chi connectivity index (χ4n) is 2.36. The molecule has 1 atom stereocenters. The summed E-state index contributed by atoms with van der Waals surface area (Å²) in [4.78, 5) is 0. The predicted octanol–water partition coefficient (Wildman–Crippen LogP) is 5.80. The van der Waals surface area contributed by atoms with Crippen LogP contribution in [0.3, 0.4) is 0 Å². The van der Waals surface area contributed by atoms with Crippen LogP contribution in [0.1, 0.15) is 24.4 Å². The Hall–Kier alpha value is -1.57. The molecule has 1 unspecified atom stereocenters. The van der Waals surface area contributed by atoms with E-state index < -0.39 is 0 Å². The van der Waals surface area contributed by atoms with Gasteiger partial charge < -0.3 is 9.30 Å². The topological polar surface area (TPSA) is 39.9 Å². The molecule has 0 aliphatic heterocycles. The predicted molar refractivity (Wildman–Crippen MR) is 105 cm³/mol. The summed E-state index contributed by atoms with van der Waals surface area (Å²) in [6, 6.07) is 12.0. The van der Waals surface area contributed by atoms with Crippen molar-refractivity contribution in [3.8, 4) is 5.75 Å². The van der Waals surface area contributed by atoms with Gasteiger partial charge in [0.25, 0.3) is 0 Å². The van der Waals surface area contributed by atoms with Crippen LogP contribution in [0.4, 0.5) is 4.39 Å². The van der Waals surface area contributed by atoms with Crippen molar-refractivity contribution in [2.75, 3.05) is 0 Å². The second kappa shape index (κ2) is 8.41. The smallest absolute Gasteiger partial charge is 0.191 e. The van der Waals surface area contributed by atoms with Gasteiger partial charge in [-0.05, 0) is 48.9 Å². The van der Waals surface area contributed by atoms with E-state index in [1.165, 1.54) is 23.9 Å². The Morgan fingerprint density at radius 3 is 2.65 bits per heavy atom. The lowest BCUT2D eigenvalue weighted by Gasteiger charge is -2.14. The van der Waals surface area contributed by atoms with E-state index >= 15 is 0 Å². The quantitative estimate of drug-likeness (QED) is 0.439. The van der Waals surface area contributed by atoms with Crippen LogP contribution in [0.25, 0.3) is 0 Å². The van der Waals surface area contributed by atoms with Gasteiger partial charge in [-0.2, -0.15) is 0 Å². The third kappa shape index (κ3) is 4.58. The zero-order valence-corrected chi connectivity index (χ0v) is 17.3. The van der Waals surface area contributed by atoms with Crippen LogP contribution in [0.15, 0.2) is 52.1 Å². The van der Waals surface area contributed by atoms with E-state index in [4.69, 9.17) is 16.3 Å². The zero-order valence-electron chi connectivity index (χ0n) is 14.1. The Morgan fingerprint density at radius 2 is 1.96 bits per heavy atom. The molecule has 0 saturated heterocycles. The van der Waals surface area contributed by atoms with Gasteiger partial charge in [0.15, 0.2) is 17.1 Å². The molecule has 0 N–H and O–H groups in total. The van der Waals surface area contributed by atoms with Gasteiger partial charge in [0, 0.05) is 22.3 Å². The number of hydrogen-bond acceptors (Lipinski definition) is 4. The summed E-state index contributed by atoms with van der Waals surface area (Å²) in [7, 11) is 1.89. The Balaban J connectivity index is 1.67. The summed E-state index contributed by atoms with van der Waals surface area (Å²) in [6.07, 6.45) is -0.252. The lowest BCUT2D eigenvalue weighted by Crippen LogP contribution is -2.10. The first-order valence-electron chi connectivity index (χ1n) is 7.82. The zero-order chi connectivity index (χ0) is 18.7. The van der Waals surface area contributed by atoms with E-state index in [-0.39, 0.29) is 11.9 Å². The average Bonchev–Trinajstić information content (AvgIpc) is 2.97. The maximum absolute atomic E-state index is 13.1. The summed E-state index contributed by atoms with van der Waals surface area (Å²) in [6.45, 7) is 1.93. The van der Waals surface area contributed by atoms with Gasteiger partial charge in [0.2, 0.25) is 0 Å². The van der Waals surface area contributed by atoms with Gasteiger partial charge >= 0.3 is 0 Å². The van der Waals surface area contributed by atoms with Gasteiger partial charge in [-0.1, -0.05) is 45.4 Å². The fourth-order valence-corrected chi connectivity index (χ4v) is 3.86. The number of rotatable bonds is 6. The van der Waals surface area contributed by atoms with Crippen LogP contribution in [-0.4, -0.2) is 14.8 Å². The van der Waals surface area contributed by atoms with Crippen molar-refractivity contribution in [3.63, 3.8) is 0 Å². The minimum atomic E-state index is -0.344. The van der Waals surface area contributed by atoms with E-state index in [2.05, 4.69) is 26.1 Å². The monoisotopic (exact) mass is 455 g/mol. The molecule has 1 heterocycles. The summed E-state index contributed by atoms with van der Waals surface area (Å²) in [5.74, 6) is 1.72. The summed E-state index contributed by atoms with van der Waals surface area (Å²) in [5.41, 5.74) is 0.849. The van der Waals surface area contributed by atoms with Crippen molar-refractivity contribution in [1.82, 2.24) is 14.8 Å². The summed E-state index contributed by atoms with van der Waals surface area (Å²) >= 11 is 11.0. The molecule has 0 spiro atoms. The molecule has 8 heteroatoms. The Labute approximate surface area is 168 Å². The lowest BCUT2D eigenvalue weighted by molar-refractivity contribution is 0.211. The Morgan fingerprint density at radius 1 is 1.23 bits per heavy atom. The molecule has 26 heavy (non-hydrogen) atoms. The SMILES string of the molecule is CC(Oc1ccc(Br)cc1)c1nnc(SCc2ccc(F)cc2Cl)n1C. The molecule has 0 amide bonds. The first-order valence-corrected chi connectivity index (χ1v) is 9.98. The Bertz CT molecular complexity index is 904. The Kier molecular flexibility index (Phi) is 6.21. The lowest BCUT2D eigenvalue weighted by atomic mass is 10.2. The van der Waals surface area contributed by atoms with Crippen molar-refractivity contribution in [2.24, 2.45) is 7.05 Å². The highest BCUT2D eigenvalue weighted by molar-refractivity contribution is 9.10. The van der Waals surface area contributed by atoms with Crippen LogP contribution in [0.2, 0.25) is 5.02 Å². The number of thioether (sulfide) groups is 1. The van der Waals surface area contributed by atoms with Crippen LogP contribution >= 0.6 is 39.3 Å². The molecule has 3 aromatic rings. The van der Waals surface area contributed by atoms with Crippen molar-refractivity contribution >= 4 is 39.3 Å². The maximum Gasteiger partial charge on any atom is 0.191 e. The van der Waals surface area contributed by atoms with Gasteiger partial charge in [0.05, 0.1) is 0 Å². The molecule has 4 nitrogen and oxygen atoms in total. The van der Waals surface area contributed by atoms with Gasteiger partial charge in [-0.25, -0.2) is 4.39 Å². The number of benzene rings is 2. The molecule has 0 aliphatic carbocycles. The second-order valence-electron chi connectivity index (χ2n) is 5.64. The summed E-state index contributed by atoms with van der Waals surface area (Å²) < 4.78 is 22.0. The van der Waals surface area contributed by atoms with E-state index in [9.17, 15) is 4.39 Å². The summed E-state index contributed by atoms with van der Waals surface area (Å²) in [5, 5.41) is 9.62. The largest absolute Gasteiger partial charge is 0.483 e. The third-order valence-electron chi connectivity index (χ3n) is 3.73. The normalized spacial score (nSPS) is 12.2. The van der Waals surface area contributed by atoms with Crippen molar-refractivity contribution < 1.29 is 9.13 Å². The first-order chi connectivity index (χ1) is 12.4. The number of aromatic nitrogens is 3. The van der Waals surface area contributed by atoms with Crippen molar-refractivity contribution in [2.45, 2.75) is 23.9 Å². The molecule has 0 saturated carbocycles. The third-order valence-corrected chi connectivity index (χ3v) is 5.68. The minimum absolute atomic E-state index is 0.252. The molecule has 0 aliphatic rings. The average molecular weight is 457 g/mol. The van der Waals surface area contributed by atoms with E-state index in [1.54, 1.807) is 6.07 Å². The standard InChI is InChI=1S/C18H16BrClFN3OS/c1-11(25-15-7-4-13(19)5-8-15)17-22-23-18(24(17)2)26-10-12-3-6-14(21)9-16(12)20/h3-9,11H,10H2,1-2H3. The van der Waals surface area contributed by atoms with Crippen LogP contribution in [0.5, 0.6) is 5.75 Å². The van der Waals surface area contributed by atoms with Crippen LogP contribution < -0.4 is 4.74 Å². The molecule has 0 bridgehead atoms.